The fraction of sp³-hybridized carbons (Fsp3) is 0.917. The molecule has 0 saturated carbocycles. The number of carbonyl (C=O) groups excluding carboxylic acids is 1. The van der Waals surface area contributed by atoms with Gasteiger partial charge in [-0.25, -0.2) is 13.2 Å². The molecule has 0 spiro atoms. The van der Waals surface area contributed by atoms with Gasteiger partial charge in [0.05, 0.1) is 11.9 Å². The molecule has 2 rings (SSSR count). The topological polar surface area (TPSA) is 79.0 Å². The van der Waals surface area contributed by atoms with E-state index in [4.69, 9.17) is 4.74 Å². The second-order valence-corrected chi connectivity index (χ2v) is 7.37. The van der Waals surface area contributed by atoms with Crippen LogP contribution >= 0.6 is 0 Å². The van der Waals surface area contributed by atoms with Crippen LogP contribution in [0, 0.1) is 0 Å². The Morgan fingerprint density at radius 2 is 2.00 bits per heavy atom. The number of urea groups is 1. The van der Waals surface area contributed by atoms with Crippen molar-refractivity contribution in [2.75, 3.05) is 45.1 Å². The molecule has 2 heterocycles. The summed E-state index contributed by atoms with van der Waals surface area (Å²) in [6.45, 7) is 4.58. The number of amides is 2. The van der Waals surface area contributed by atoms with Crippen molar-refractivity contribution in [3.8, 4) is 0 Å². The summed E-state index contributed by atoms with van der Waals surface area (Å²) < 4.78 is 30.3. The Hall–Kier alpha value is -0.860. The zero-order valence-corrected chi connectivity index (χ0v) is 12.7. The van der Waals surface area contributed by atoms with E-state index < -0.39 is 10.0 Å². The van der Waals surface area contributed by atoms with Crippen molar-refractivity contribution in [3.63, 3.8) is 0 Å². The Balaban J connectivity index is 1.74. The molecule has 0 aromatic rings. The molecule has 2 aliphatic rings. The highest BCUT2D eigenvalue weighted by atomic mass is 32.2. The molecular formula is C12H23N3O4S. The van der Waals surface area contributed by atoms with E-state index in [0.29, 0.717) is 32.7 Å². The molecule has 8 heteroatoms. The minimum absolute atomic E-state index is 0.109. The van der Waals surface area contributed by atoms with Crippen LogP contribution in [-0.2, 0) is 14.8 Å². The molecule has 2 fully saturated rings. The summed E-state index contributed by atoms with van der Waals surface area (Å²) in [6, 6.07) is -0.131. The number of sulfonamides is 1. The Bertz CT molecular complexity index is 426. The van der Waals surface area contributed by atoms with Gasteiger partial charge in [0.2, 0.25) is 10.0 Å². The lowest BCUT2D eigenvalue weighted by atomic mass is 10.2. The zero-order chi connectivity index (χ0) is 14.6. The van der Waals surface area contributed by atoms with Gasteiger partial charge in [0.1, 0.15) is 0 Å². The van der Waals surface area contributed by atoms with Crippen LogP contribution in [0.25, 0.3) is 0 Å². The molecular weight excluding hydrogens is 282 g/mol. The number of rotatable bonds is 4. The van der Waals surface area contributed by atoms with Gasteiger partial charge >= 0.3 is 6.03 Å². The van der Waals surface area contributed by atoms with E-state index in [-0.39, 0.29) is 17.9 Å². The first-order valence-electron chi connectivity index (χ1n) is 7.15. The van der Waals surface area contributed by atoms with E-state index in [2.05, 4.69) is 5.32 Å². The van der Waals surface area contributed by atoms with Crippen molar-refractivity contribution < 1.29 is 17.9 Å². The number of nitrogens with one attached hydrogen (secondary N) is 1. The smallest absolute Gasteiger partial charge is 0.317 e. The molecule has 20 heavy (non-hydrogen) atoms. The summed E-state index contributed by atoms with van der Waals surface area (Å²) >= 11 is 0. The Kier molecular flexibility index (Phi) is 5.22. The summed E-state index contributed by atoms with van der Waals surface area (Å²) in [4.78, 5) is 13.6. The van der Waals surface area contributed by atoms with Gasteiger partial charge in [-0.15, -0.1) is 0 Å². The minimum atomic E-state index is -3.14. The molecule has 0 aliphatic carbocycles. The number of piperazine rings is 1. The van der Waals surface area contributed by atoms with Crippen LogP contribution < -0.4 is 5.32 Å². The standard InChI is InChI=1S/C12H23N3O4S/c1-2-20(17,18)15-7-5-14(6-8-15)12(16)13-10-11-4-3-9-19-11/h11H,2-10H2,1H3,(H,13,16). The van der Waals surface area contributed by atoms with Crippen LogP contribution in [0.2, 0.25) is 0 Å². The first kappa shape index (κ1) is 15.5. The van der Waals surface area contributed by atoms with E-state index in [1.807, 2.05) is 0 Å². The summed E-state index contributed by atoms with van der Waals surface area (Å²) in [5, 5.41) is 2.86. The lowest BCUT2D eigenvalue weighted by Gasteiger charge is -2.33. The quantitative estimate of drug-likeness (QED) is 0.783. The molecule has 0 aromatic carbocycles. The van der Waals surface area contributed by atoms with Gasteiger partial charge in [-0.3, -0.25) is 0 Å². The maximum atomic E-state index is 12.0. The fourth-order valence-electron chi connectivity index (χ4n) is 2.47. The maximum Gasteiger partial charge on any atom is 0.317 e. The van der Waals surface area contributed by atoms with E-state index in [0.717, 1.165) is 19.4 Å². The van der Waals surface area contributed by atoms with Crippen LogP contribution in [0.5, 0.6) is 0 Å². The molecule has 116 valence electrons. The molecule has 2 amide bonds. The molecule has 1 unspecified atom stereocenters. The number of nitrogens with zero attached hydrogens (tertiary/aromatic N) is 2. The average molecular weight is 305 g/mol. The molecule has 2 saturated heterocycles. The highest BCUT2D eigenvalue weighted by Gasteiger charge is 2.28. The SMILES string of the molecule is CCS(=O)(=O)N1CCN(C(=O)NCC2CCCO2)CC1. The highest BCUT2D eigenvalue weighted by molar-refractivity contribution is 7.89. The van der Waals surface area contributed by atoms with Crippen LogP contribution in [0.15, 0.2) is 0 Å². The van der Waals surface area contributed by atoms with Gasteiger partial charge in [0.25, 0.3) is 0 Å². The van der Waals surface area contributed by atoms with Crippen LogP contribution in [0.4, 0.5) is 4.79 Å². The van der Waals surface area contributed by atoms with Crippen LogP contribution in [0.3, 0.4) is 0 Å². The molecule has 0 radical (unpaired) electrons. The Morgan fingerprint density at radius 3 is 2.55 bits per heavy atom. The maximum absolute atomic E-state index is 12.0. The van der Waals surface area contributed by atoms with Crippen molar-refractivity contribution in [2.45, 2.75) is 25.9 Å². The monoisotopic (exact) mass is 305 g/mol. The van der Waals surface area contributed by atoms with Gasteiger partial charge in [0, 0.05) is 39.3 Å². The lowest BCUT2D eigenvalue weighted by Crippen LogP contribution is -2.54. The fourth-order valence-corrected chi connectivity index (χ4v) is 3.55. The molecule has 0 aromatic heterocycles. The van der Waals surface area contributed by atoms with Gasteiger partial charge in [-0.1, -0.05) is 0 Å². The number of hydrogen-bond donors (Lipinski definition) is 1. The molecule has 1 atom stereocenters. The molecule has 0 bridgehead atoms. The molecule has 1 N–H and O–H groups in total. The zero-order valence-electron chi connectivity index (χ0n) is 11.9. The normalized spacial score (nSPS) is 24.9. The third-order valence-electron chi connectivity index (χ3n) is 3.79. The highest BCUT2D eigenvalue weighted by Crippen LogP contribution is 2.11. The summed E-state index contributed by atoms with van der Waals surface area (Å²) in [6.07, 6.45) is 2.16. The van der Waals surface area contributed by atoms with Crippen molar-refractivity contribution >= 4 is 16.1 Å². The lowest BCUT2D eigenvalue weighted by molar-refractivity contribution is 0.107. The number of ether oxygens (including phenoxy) is 1. The predicted molar refractivity (Wildman–Crippen MR) is 75.0 cm³/mol. The van der Waals surface area contributed by atoms with Crippen molar-refractivity contribution in [2.24, 2.45) is 0 Å². The second-order valence-electron chi connectivity index (χ2n) is 5.11. The van der Waals surface area contributed by atoms with E-state index >= 15 is 0 Å². The molecule has 2 aliphatic heterocycles. The van der Waals surface area contributed by atoms with Crippen LogP contribution in [-0.4, -0.2) is 74.8 Å². The average Bonchev–Trinajstić information content (AvgIpc) is 2.98. The minimum Gasteiger partial charge on any atom is -0.376 e. The van der Waals surface area contributed by atoms with Gasteiger partial charge in [-0.2, -0.15) is 4.31 Å². The number of carbonyl (C=O) groups is 1. The van der Waals surface area contributed by atoms with Crippen LogP contribution in [0.1, 0.15) is 19.8 Å². The van der Waals surface area contributed by atoms with E-state index in [1.54, 1.807) is 11.8 Å². The second kappa shape index (κ2) is 6.73. The third-order valence-corrected chi connectivity index (χ3v) is 5.67. The Labute approximate surface area is 120 Å². The van der Waals surface area contributed by atoms with Gasteiger partial charge in [0.15, 0.2) is 0 Å². The summed E-state index contributed by atoms with van der Waals surface area (Å²) in [5.41, 5.74) is 0. The van der Waals surface area contributed by atoms with Crippen molar-refractivity contribution in [1.82, 2.24) is 14.5 Å². The predicted octanol–water partition coefficient (Wildman–Crippen LogP) is -0.158. The first-order valence-corrected chi connectivity index (χ1v) is 8.76. The third kappa shape index (κ3) is 3.83. The first-order chi connectivity index (χ1) is 9.53. The summed E-state index contributed by atoms with van der Waals surface area (Å²) in [5.74, 6) is 0.109. The summed E-state index contributed by atoms with van der Waals surface area (Å²) in [7, 11) is -3.14. The van der Waals surface area contributed by atoms with Gasteiger partial charge in [-0.05, 0) is 19.8 Å². The molecule has 7 nitrogen and oxygen atoms in total. The number of hydrogen-bond acceptors (Lipinski definition) is 4. The Morgan fingerprint density at radius 1 is 1.30 bits per heavy atom. The largest absolute Gasteiger partial charge is 0.376 e. The van der Waals surface area contributed by atoms with E-state index in [1.165, 1.54) is 4.31 Å². The van der Waals surface area contributed by atoms with Crippen molar-refractivity contribution in [1.29, 1.82) is 0 Å². The van der Waals surface area contributed by atoms with E-state index in [9.17, 15) is 13.2 Å². The van der Waals surface area contributed by atoms with Gasteiger partial charge < -0.3 is 15.0 Å². The van der Waals surface area contributed by atoms with Crippen molar-refractivity contribution in [3.05, 3.63) is 0 Å².